The Hall–Kier alpha value is -1.19. The SMILES string of the molecule is CC(Cc1cccs1)N(C)c1cc(Cl)ccc1N. The number of nitrogens with zero attached hydrogens (tertiary/aromatic N) is 1. The molecule has 2 rings (SSSR count). The van der Waals surface area contributed by atoms with Crippen LogP contribution < -0.4 is 10.6 Å². The first kappa shape index (κ1) is 13.2. The van der Waals surface area contributed by atoms with Crippen molar-refractivity contribution in [1.82, 2.24) is 0 Å². The lowest BCUT2D eigenvalue weighted by Crippen LogP contribution is -2.31. The van der Waals surface area contributed by atoms with E-state index in [4.69, 9.17) is 17.3 Å². The molecular weight excluding hydrogens is 264 g/mol. The van der Waals surface area contributed by atoms with Gasteiger partial charge >= 0.3 is 0 Å². The smallest absolute Gasteiger partial charge is 0.0614 e. The van der Waals surface area contributed by atoms with Crippen LogP contribution in [0.2, 0.25) is 5.02 Å². The number of likely N-dealkylation sites (N-methyl/N-ethyl adjacent to an activating group) is 1. The van der Waals surface area contributed by atoms with E-state index < -0.39 is 0 Å². The second kappa shape index (κ2) is 5.63. The number of hydrogen-bond donors (Lipinski definition) is 1. The molecule has 0 aliphatic rings. The zero-order chi connectivity index (χ0) is 13.1. The maximum absolute atomic E-state index is 6.03. The summed E-state index contributed by atoms with van der Waals surface area (Å²) in [6.45, 7) is 2.19. The molecule has 18 heavy (non-hydrogen) atoms. The molecule has 0 spiro atoms. The molecule has 1 aromatic heterocycles. The van der Waals surface area contributed by atoms with E-state index in [0.717, 1.165) is 22.8 Å². The average Bonchev–Trinajstić information content (AvgIpc) is 2.84. The highest BCUT2D eigenvalue weighted by atomic mass is 35.5. The van der Waals surface area contributed by atoms with Crippen LogP contribution in [0.25, 0.3) is 0 Å². The molecule has 0 aliphatic carbocycles. The molecule has 0 bridgehead atoms. The summed E-state index contributed by atoms with van der Waals surface area (Å²) in [7, 11) is 2.06. The molecule has 0 saturated heterocycles. The molecule has 0 aliphatic heterocycles. The third-order valence-electron chi connectivity index (χ3n) is 3.11. The zero-order valence-electron chi connectivity index (χ0n) is 10.6. The minimum Gasteiger partial charge on any atom is -0.397 e. The van der Waals surface area contributed by atoms with Gasteiger partial charge in [0.25, 0.3) is 0 Å². The van der Waals surface area contributed by atoms with Crippen LogP contribution in [0.4, 0.5) is 11.4 Å². The Morgan fingerprint density at radius 1 is 1.39 bits per heavy atom. The first-order valence-electron chi connectivity index (χ1n) is 5.88. The number of halogens is 1. The maximum Gasteiger partial charge on any atom is 0.0614 e. The normalized spacial score (nSPS) is 12.4. The summed E-state index contributed by atoms with van der Waals surface area (Å²) in [6.07, 6.45) is 1.01. The lowest BCUT2D eigenvalue weighted by molar-refractivity contribution is 0.689. The lowest BCUT2D eigenvalue weighted by atomic mass is 10.1. The van der Waals surface area contributed by atoms with Crippen LogP contribution in [0.3, 0.4) is 0 Å². The summed E-state index contributed by atoms with van der Waals surface area (Å²) in [5, 5.41) is 2.82. The van der Waals surface area contributed by atoms with Crippen LogP contribution in [0, 0.1) is 0 Å². The molecule has 0 radical (unpaired) electrons. The molecule has 2 N–H and O–H groups in total. The summed E-state index contributed by atoms with van der Waals surface area (Å²) < 4.78 is 0. The molecule has 2 aromatic rings. The fourth-order valence-electron chi connectivity index (χ4n) is 1.92. The van der Waals surface area contributed by atoms with Crippen LogP contribution in [0.15, 0.2) is 35.7 Å². The van der Waals surface area contributed by atoms with Crippen LogP contribution in [-0.4, -0.2) is 13.1 Å². The minimum absolute atomic E-state index is 0.379. The van der Waals surface area contributed by atoms with Gasteiger partial charge in [-0.2, -0.15) is 0 Å². The lowest BCUT2D eigenvalue weighted by Gasteiger charge is -2.28. The van der Waals surface area contributed by atoms with Gasteiger partial charge in [0.15, 0.2) is 0 Å². The van der Waals surface area contributed by atoms with Crippen molar-refractivity contribution in [3.05, 3.63) is 45.6 Å². The van der Waals surface area contributed by atoms with Crippen molar-refractivity contribution < 1.29 is 0 Å². The Morgan fingerprint density at radius 2 is 2.17 bits per heavy atom. The summed E-state index contributed by atoms with van der Waals surface area (Å²) in [5.74, 6) is 0. The largest absolute Gasteiger partial charge is 0.397 e. The van der Waals surface area contributed by atoms with E-state index in [-0.39, 0.29) is 0 Å². The van der Waals surface area contributed by atoms with Gasteiger partial charge in [-0.15, -0.1) is 11.3 Å². The van der Waals surface area contributed by atoms with Gasteiger partial charge in [-0.05, 0) is 36.6 Å². The van der Waals surface area contributed by atoms with Crippen LogP contribution in [0.1, 0.15) is 11.8 Å². The molecule has 1 unspecified atom stereocenters. The summed E-state index contributed by atoms with van der Waals surface area (Å²) in [6, 6.07) is 10.2. The molecule has 2 nitrogen and oxygen atoms in total. The van der Waals surface area contributed by atoms with Crippen LogP contribution in [-0.2, 0) is 6.42 Å². The van der Waals surface area contributed by atoms with E-state index in [9.17, 15) is 0 Å². The highest BCUT2D eigenvalue weighted by molar-refractivity contribution is 7.09. The second-order valence-corrected chi connectivity index (χ2v) is 5.92. The van der Waals surface area contributed by atoms with E-state index in [2.05, 4.69) is 36.4 Å². The van der Waals surface area contributed by atoms with E-state index >= 15 is 0 Å². The fourth-order valence-corrected chi connectivity index (χ4v) is 2.91. The molecule has 1 heterocycles. The quantitative estimate of drug-likeness (QED) is 0.856. The van der Waals surface area contributed by atoms with E-state index in [0.29, 0.717) is 6.04 Å². The number of benzene rings is 1. The van der Waals surface area contributed by atoms with Crippen molar-refractivity contribution in [2.75, 3.05) is 17.7 Å². The second-order valence-electron chi connectivity index (χ2n) is 4.45. The van der Waals surface area contributed by atoms with Gasteiger partial charge in [-0.25, -0.2) is 0 Å². The molecule has 1 aromatic carbocycles. The van der Waals surface area contributed by atoms with Crippen molar-refractivity contribution in [2.45, 2.75) is 19.4 Å². The Labute approximate surface area is 117 Å². The molecule has 0 saturated carbocycles. The Morgan fingerprint density at radius 3 is 2.83 bits per heavy atom. The molecule has 0 amide bonds. The third-order valence-corrected chi connectivity index (χ3v) is 4.24. The van der Waals surface area contributed by atoms with Gasteiger partial charge in [-0.3, -0.25) is 0 Å². The number of nitrogens with two attached hydrogens (primary N) is 1. The number of anilines is 2. The minimum atomic E-state index is 0.379. The van der Waals surface area contributed by atoms with Crippen molar-refractivity contribution in [2.24, 2.45) is 0 Å². The summed E-state index contributed by atoms with van der Waals surface area (Å²) >= 11 is 7.82. The van der Waals surface area contributed by atoms with Gasteiger partial charge in [0.1, 0.15) is 0 Å². The van der Waals surface area contributed by atoms with Crippen molar-refractivity contribution >= 4 is 34.3 Å². The maximum atomic E-state index is 6.03. The molecule has 0 fully saturated rings. The standard InChI is InChI=1S/C14H17ClN2S/c1-10(8-12-4-3-7-18-12)17(2)14-9-11(15)5-6-13(14)16/h3-7,9-10H,8,16H2,1-2H3. The monoisotopic (exact) mass is 280 g/mol. The molecular formula is C14H17ClN2S. The number of nitrogen functional groups attached to an aromatic ring is 1. The van der Waals surface area contributed by atoms with Gasteiger partial charge in [-0.1, -0.05) is 17.7 Å². The Bertz CT molecular complexity index is 511. The van der Waals surface area contributed by atoms with Gasteiger partial charge in [0.2, 0.25) is 0 Å². The number of thiophene rings is 1. The number of rotatable bonds is 4. The third kappa shape index (κ3) is 2.98. The first-order valence-corrected chi connectivity index (χ1v) is 7.14. The topological polar surface area (TPSA) is 29.3 Å². The first-order chi connectivity index (χ1) is 8.58. The molecule has 96 valence electrons. The van der Waals surface area contributed by atoms with Gasteiger partial charge < -0.3 is 10.6 Å². The highest BCUT2D eigenvalue weighted by Gasteiger charge is 2.14. The van der Waals surface area contributed by atoms with Gasteiger partial charge in [0, 0.05) is 29.4 Å². The Kier molecular flexibility index (Phi) is 4.15. The summed E-state index contributed by atoms with van der Waals surface area (Å²) in [5.41, 5.74) is 7.76. The molecule has 1 atom stereocenters. The van der Waals surface area contributed by atoms with Crippen molar-refractivity contribution in [3.8, 4) is 0 Å². The van der Waals surface area contributed by atoms with E-state index in [1.165, 1.54) is 4.88 Å². The predicted octanol–water partition coefficient (Wildman–Crippen LogP) is 4.05. The number of hydrogen-bond acceptors (Lipinski definition) is 3. The van der Waals surface area contributed by atoms with E-state index in [1.807, 2.05) is 18.2 Å². The van der Waals surface area contributed by atoms with Crippen LogP contribution >= 0.6 is 22.9 Å². The average molecular weight is 281 g/mol. The predicted molar refractivity (Wildman–Crippen MR) is 81.8 cm³/mol. The Balaban J connectivity index is 2.14. The van der Waals surface area contributed by atoms with Gasteiger partial charge in [0.05, 0.1) is 11.4 Å². The van der Waals surface area contributed by atoms with E-state index in [1.54, 1.807) is 11.3 Å². The summed E-state index contributed by atoms with van der Waals surface area (Å²) in [4.78, 5) is 3.57. The van der Waals surface area contributed by atoms with Crippen molar-refractivity contribution in [3.63, 3.8) is 0 Å². The van der Waals surface area contributed by atoms with Crippen LogP contribution in [0.5, 0.6) is 0 Å². The van der Waals surface area contributed by atoms with Crippen molar-refractivity contribution in [1.29, 1.82) is 0 Å². The highest BCUT2D eigenvalue weighted by Crippen LogP contribution is 2.28. The zero-order valence-corrected chi connectivity index (χ0v) is 12.1. The molecule has 4 heteroatoms. The fraction of sp³-hybridized carbons (Fsp3) is 0.286.